The summed E-state index contributed by atoms with van der Waals surface area (Å²) in [5.74, 6) is 0.586. The molecule has 0 bridgehead atoms. The van der Waals surface area contributed by atoms with Gasteiger partial charge in [-0.2, -0.15) is 5.10 Å². The van der Waals surface area contributed by atoms with E-state index in [4.69, 9.17) is 5.73 Å². The molecule has 1 aromatic carbocycles. The second-order valence-electron chi connectivity index (χ2n) is 8.26. The summed E-state index contributed by atoms with van der Waals surface area (Å²) in [7, 11) is 2.01. The first kappa shape index (κ1) is 20.0. The Hall–Kier alpha value is -3.94. The van der Waals surface area contributed by atoms with Crippen LogP contribution in [0.15, 0.2) is 55.6 Å². The van der Waals surface area contributed by atoms with Crippen LogP contribution in [0.5, 0.6) is 0 Å². The van der Waals surface area contributed by atoms with Gasteiger partial charge in [-0.05, 0) is 42.7 Å². The molecule has 5 rings (SSSR count). The van der Waals surface area contributed by atoms with Gasteiger partial charge in [0.25, 0.3) is 0 Å². The van der Waals surface area contributed by atoms with Gasteiger partial charge in [-0.3, -0.25) is 4.79 Å². The lowest BCUT2D eigenvalue weighted by atomic mass is 9.94. The highest BCUT2D eigenvalue weighted by Gasteiger charge is 2.32. The molecule has 3 aromatic heterocycles. The number of amides is 1. The number of nitrogen functional groups attached to an aromatic ring is 1. The molecule has 0 spiro atoms. The number of nitrogens with two attached hydrogens (primary N) is 1. The Labute approximate surface area is 186 Å². The van der Waals surface area contributed by atoms with Gasteiger partial charge in [-0.1, -0.05) is 18.7 Å². The molecule has 2 N–H and O–H groups in total. The number of rotatable bonds is 4. The minimum Gasteiger partial charge on any atom is -0.383 e. The van der Waals surface area contributed by atoms with Crippen LogP contribution in [0.4, 0.5) is 5.82 Å². The fourth-order valence-electron chi connectivity index (χ4n) is 4.71. The van der Waals surface area contributed by atoms with Crippen LogP contribution < -0.4 is 5.73 Å². The fraction of sp³-hybridized carbons (Fsp3) is 0.250. The topological polar surface area (TPSA) is 94.9 Å². The number of hydrogen-bond donors (Lipinski definition) is 1. The average Bonchev–Trinajstić information content (AvgIpc) is 3.52. The minimum absolute atomic E-state index is 0.0361. The van der Waals surface area contributed by atoms with Crippen molar-refractivity contribution in [2.24, 2.45) is 7.05 Å². The third-order valence-electron chi connectivity index (χ3n) is 6.24. The number of benzene rings is 1. The predicted molar refractivity (Wildman–Crippen MR) is 124 cm³/mol. The lowest BCUT2D eigenvalue weighted by Crippen LogP contribution is -2.26. The summed E-state index contributed by atoms with van der Waals surface area (Å²) in [5, 5.41) is 5.25. The van der Waals surface area contributed by atoms with E-state index in [2.05, 4.69) is 38.3 Å². The second kappa shape index (κ2) is 7.64. The number of carbonyl (C=O) groups is 1. The molecule has 1 fully saturated rings. The largest absolute Gasteiger partial charge is 0.383 e. The molecule has 0 saturated carbocycles. The minimum atomic E-state index is -0.0361. The number of nitrogens with zero attached hydrogens (tertiary/aromatic N) is 6. The third kappa shape index (κ3) is 3.15. The Bertz CT molecular complexity index is 1330. The van der Waals surface area contributed by atoms with E-state index in [9.17, 15) is 4.79 Å². The molecule has 1 aliphatic heterocycles. The quantitative estimate of drug-likeness (QED) is 0.505. The summed E-state index contributed by atoms with van der Waals surface area (Å²) in [5.41, 5.74) is 12.4. The van der Waals surface area contributed by atoms with Gasteiger partial charge in [0.2, 0.25) is 5.91 Å². The number of aromatic nitrogens is 5. The third-order valence-corrected chi connectivity index (χ3v) is 6.24. The summed E-state index contributed by atoms with van der Waals surface area (Å²) >= 11 is 0. The summed E-state index contributed by atoms with van der Waals surface area (Å²) < 4.78 is 3.95. The van der Waals surface area contributed by atoms with E-state index in [1.807, 2.05) is 48.1 Å². The zero-order chi connectivity index (χ0) is 22.4. The maximum atomic E-state index is 12.2. The smallest absolute Gasteiger partial charge is 0.245 e. The average molecular weight is 428 g/mol. The first-order valence-corrected chi connectivity index (χ1v) is 10.6. The van der Waals surface area contributed by atoms with Crippen LogP contribution in [0.2, 0.25) is 0 Å². The Balaban J connectivity index is 1.64. The summed E-state index contributed by atoms with van der Waals surface area (Å²) in [6.07, 6.45) is 7.58. The van der Waals surface area contributed by atoms with Gasteiger partial charge < -0.3 is 15.2 Å². The summed E-state index contributed by atoms with van der Waals surface area (Å²) in [6, 6.07) is 8.26. The summed E-state index contributed by atoms with van der Waals surface area (Å²) in [6.45, 7) is 6.99. The Morgan fingerprint density at radius 1 is 1.25 bits per heavy atom. The Morgan fingerprint density at radius 3 is 2.72 bits per heavy atom. The van der Waals surface area contributed by atoms with Crippen molar-refractivity contribution in [2.45, 2.75) is 19.3 Å². The zero-order valence-electron chi connectivity index (χ0n) is 18.2. The highest BCUT2D eigenvalue weighted by molar-refractivity contribution is 6.02. The normalized spacial score (nSPS) is 16.1. The van der Waals surface area contributed by atoms with Crippen molar-refractivity contribution in [3.63, 3.8) is 0 Å². The van der Waals surface area contributed by atoms with Gasteiger partial charge in [-0.25, -0.2) is 14.6 Å². The highest BCUT2D eigenvalue weighted by Crippen LogP contribution is 2.42. The van der Waals surface area contributed by atoms with E-state index < -0.39 is 0 Å². The number of hydrogen-bond acceptors (Lipinski definition) is 5. The number of anilines is 1. The molecule has 8 nitrogen and oxygen atoms in total. The summed E-state index contributed by atoms with van der Waals surface area (Å²) in [4.78, 5) is 22.8. The Kier molecular flexibility index (Phi) is 4.77. The lowest BCUT2D eigenvalue weighted by molar-refractivity contribution is -0.125. The number of carbonyl (C=O) groups excluding carboxylic acids is 1. The van der Waals surface area contributed by atoms with Crippen molar-refractivity contribution >= 4 is 22.8 Å². The first-order chi connectivity index (χ1) is 15.5. The van der Waals surface area contributed by atoms with Gasteiger partial charge in [0.15, 0.2) is 0 Å². The molecule has 1 amide bonds. The molecule has 0 aliphatic carbocycles. The molecule has 162 valence electrons. The molecule has 8 heteroatoms. The molecule has 0 radical (unpaired) electrons. The molecule has 32 heavy (non-hydrogen) atoms. The molecule has 1 aliphatic rings. The number of aryl methyl sites for hydroxylation is 2. The predicted octanol–water partition coefficient (Wildman–Crippen LogP) is 3.21. The highest BCUT2D eigenvalue weighted by atomic mass is 16.2. The van der Waals surface area contributed by atoms with Crippen LogP contribution in [0.3, 0.4) is 0 Å². The molecule has 4 heterocycles. The van der Waals surface area contributed by atoms with Crippen molar-refractivity contribution in [2.75, 3.05) is 18.8 Å². The van der Waals surface area contributed by atoms with E-state index in [-0.39, 0.29) is 11.8 Å². The molecule has 1 saturated heterocycles. The van der Waals surface area contributed by atoms with E-state index in [0.29, 0.717) is 18.9 Å². The molecular weight excluding hydrogens is 402 g/mol. The first-order valence-electron chi connectivity index (χ1n) is 10.6. The number of fused-ring (bicyclic) bond motifs is 1. The van der Waals surface area contributed by atoms with Crippen LogP contribution in [0, 0.1) is 6.92 Å². The van der Waals surface area contributed by atoms with Crippen LogP contribution in [-0.4, -0.2) is 48.2 Å². The van der Waals surface area contributed by atoms with Gasteiger partial charge >= 0.3 is 0 Å². The maximum absolute atomic E-state index is 12.2. The monoisotopic (exact) mass is 427 g/mol. The van der Waals surface area contributed by atoms with E-state index in [1.165, 1.54) is 12.4 Å². The van der Waals surface area contributed by atoms with Crippen molar-refractivity contribution in [3.8, 4) is 16.8 Å². The van der Waals surface area contributed by atoms with Gasteiger partial charge in [-0.15, -0.1) is 0 Å². The van der Waals surface area contributed by atoms with E-state index >= 15 is 0 Å². The molecule has 1 unspecified atom stereocenters. The number of likely N-dealkylation sites (tertiary alicyclic amines) is 1. The van der Waals surface area contributed by atoms with Crippen molar-refractivity contribution < 1.29 is 4.79 Å². The van der Waals surface area contributed by atoms with Crippen LogP contribution in [-0.2, 0) is 11.8 Å². The van der Waals surface area contributed by atoms with Crippen LogP contribution in [0.1, 0.15) is 23.6 Å². The molecule has 1 atom stereocenters. The van der Waals surface area contributed by atoms with E-state index in [1.54, 1.807) is 0 Å². The van der Waals surface area contributed by atoms with Gasteiger partial charge in [0.1, 0.15) is 17.8 Å². The zero-order valence-corrected chi connectivity index (χ0v) is 18.2. The lowest BCUT2D eigenvalue weighted by Gasteiger charge is -2.17. The SMILES string of the molecule is C=CC(=O)N1CCC(c2c(-c3ccc(-n4cc(C)cn4)cc3)c3c(N)ncnc3n2C)C1. The second-order valence-corrected chi connectivity index (χ2v) is 8.26. The van der Waals surface area contributed by atoms with Crippen molar-refractivity contribution in [1.29, 1.82) is 0 Å². The Morgan fingerprint density at radius 2 is 2.03 bits per heavy atom. The van der Waals surface area contributed by atoms with Crippen LogP contribution in [0.25, 0.3) is 27.8 Å². The molecule has 4 aromatic rings. The van der Waals surface area contributed by atoms with Gasteiger partial charge in [0.05, 0.1) is 17.3 Å². The molecular formula is C24H25N7O. The van der Waals surface area contributed by atoms with Crippen molar-refractivity contribution in [3.05, 3.63) is 66.9 Å². The van der Waals surface area contributed by atoms with E-state index in [0.717, 1.165) is 45.5 Å². The van der Waals surface area contributed by atoms with Crippen molar-refractivity contribution in [1.82, 2.24) is 29.2 Å². The fourth-order valence-corrected chi connectivity index (χ4v) is 4.71. The standard InChI is InChI=1S/C24H25N7O/c1-4-19(32)30-10-9-17(13-30)22-20(21-23(25)26-14-27-24(21)29(22)3)16-5-7-18(8-6-16)31-12-15(2)11-28-31/h4-8,11-12,14,17H,1,9-10,13H2,2-3H3,(H2,25,26,27). The van der Waals surface area contributed by atoms with Crippen LogP contribution >= 0.6 is 0 Å². The van der Waals surface area contributed by atoms with Gasteiger partial charge in [0, 0.05) is 43.5 Å². The maximum Gasteiger partial charge on any atom is 0.245 e.